The molecular formula is C15H23Cl2FN2O. The molecule has 0 spiro atoms. The fourth-order valence-electron chi connectivity index (χ4n) is 2.75. The van der Waals surface area contributed by atoms with Gasteiger partial charge in [-0.3, -0.25) is 4.90 Å². The van der Waals surface area contributed by atoms with Gasteiger partial charge in [-0.15, -0.1) is 12.4 Å². The normalized spacial score (nSPS) is 17.1. The number of rotatable bonds is 5. The Bertz CT molecular complexity index is 430. The maximum Gasteiger partial charge on any atom is 0.173 e. The Morgan fingerprint density at radius 1 is 1.33 bits per heavy atom. The number of halogens is 3. The summed E-state index contributed by atoms with van der Waals surface area (Å²) in [4.78, 5) is 2.38. The van der Waals surface area contributed by atoms with Crippen LogP contribution in [0.25, 0.3) is 0 Å². The highest BCUT2D eigenvalue weighted by molar-refractivity contribution is 6.32. The van der Waals surface area contributed by atoms with Gasteiger partial charge in [0.25, 0.3) is 0 Å². The predicted octanol–water partition coefficient (Wildman–Crippen LogP) is 3.66. The molecule has 1 aliphatic heterocycles. The Labute approximate surface area is 137 Å². The molecule has 6 heteroatoms. The van der Waals surface area contributed by atoms with Gasteiger partial charge >= 0.3 is 0 Å². The Morgan fingerprint density at radius 3 is 2.52 bits per heavy atom. The third kappa shape index (κ3) is 4.46. The minimum atomic E-state index is -0.372. The van der Waals surface area contributed by atoms with Crippen LogP contribution in [0.3, 0.4) is 0 Å². The first-order chi connectivity index (χ1) is 9.67. The van der Waals surface area contributed by atoms with Crippen LogP contribution in [-0.2, 0) is 0 Å². The van der Waals surface area contributed by atoms with Crippen molar-refractivity contribution in [1.29, 1.82) is 0 Å². The van der Waals surface area contributed by atoms with Gasteiger partial charge in [0.15, 0.2) is 11.6 Å². The van der Waals surface area contributed by atoms with E-state index >= 15 is 0 Å². The topological polar surface area (TPSA) is 24.5 Å². The second-order valence-corrected chi connectivity index (χ2v) is 5.36. The Hall–Kier alpha value is -0.550. The van der Waals surface area contributed by atoms with E-state index in [1.807, 2.05) is 13.0 Å². The van der Waals surface area contributed by atoms with Gasteiger partial charge < -0.3 is 10.1 Å². The standard InChI is InChI=1S/C15H22ClFN2O.ClH/c1-3-14(19-7-5-18-6-8-19)11-9-12(16)15(20-4-2)13(17)10-11;/h9-10,14,18H,3-8H2,1-2H3;1H/t14-;/m1./s1. The van der Waals surface area contributed by atoms with E-state index in [2.05, 4.69) is 17.1 Å². The minimum absolute atomic E-state index is 0. The maximum atomic E-state index is 14.1. The molecule has 0 bridgehead atoms. The van der Waals surface area contributed by atoms with Crippen molar-refractivity contribution in [2.45, 2.75) is 26.3 Å². The molecule has 120 valence electrons. The summed E-state index contributed by atoms with van der Waals surface area (Å²) >= 11 is 6.16. The van der Waals surface area contributed by atoms with E-state index in [0.717, 1.165) is 38.2 Å². The quantitative estimate of drug-likeness (QED) is 0.888. The molecule has 0 unspecified atom stereocenters. The van der Waals surface area contributed by atoms with E-state index in [1.165, 1.54) is 0 Å². The Kier molecular flexibility index (Phi) is 7.74. The lowest BCUT2D eigenvalue weighted by molar-refractivity contribution is 0.169. The lowest BCUT2D eigenvalue weighted by Gasteiger charge is -2.35. The van der Waals surface area contributed by atoms with E-state index in [0.29, 0.717) is 11.6 Å². The van der Waals surface area contributed by atoms with Crippen LogP contribution in [0.1, 0.15) is 31.9 Å². The molecule has 0 aliphatic carbocycles. The molecule has 21 heavy (non-hydrogen) atoms. The molecule has 1 aromatic rings. The van der Waals surface area contributed by atoms with E-state index in [9.17, 15) is 4.39 Å². The van der Waals surface area contributed by atoms with Gasteiger partial charge in [0.2, 0.25) is 0 Å². The van der Waals surface area contributed by atoms with Crippen LogP contribution in [-0.4, -0.2) is 37.7 Å². The van der Waals surface area contributed by atoms with E-state index in [-0.39, 0.29) is 30.0 Å². The summed E-state index contributed by atoms with van der Waals surface area (Å²) in [6.07, 6.45) is 0.934. The molecule has 3 nitrogen and oxygen atoms in total. The van der Waals surface area contributed by atoms with Crippen LogP contribution < -0.4 is 10.1 Å². The van der Waals surface area contributed by atoms with Gasteiger partial charge in [-0.1, -0.05) is 18.5 Å². The molecule has 1 fully saturated rings. The van der Waals surface area contributed by atoms with Crippen LogP contribution in [0.4, 0.5) is 4.39 Å². The molecule has 1 aliphatic rings. The summed E-state index contributed by atoms with van der Waals surface area (Å²) in [7, 11) is 0. The van der Waals surface area contributed by atoms with Gasteiger partial charge in [-0.05, 0) is 31.0 Å². The average molecular weight is 337 g/mol. The summed E-state index contributed by atoms with van der Waals surface area (Å²) in [6, 6.07) is 3.61. The number of nitrogens with one attached hydrogen (secondary N) is 1. The summed E-state index contributed by atoms with van der Waals surface area (Å²) in [6.45, 7) is 8.25. The molecule has 0 radical (unpaired) electrons. The lowest BCUT2D eigenvalue weighted by Crippen LogP contribution is -2.45. The maximum absolute atomic E-state index is 14.1. The highest BCUT2D eigenvalue weighted by Crippen LogP contribution is 2.34. The van der Waals surface area contributed by atoms with Crippen molar-refractivity contribution < 1.29 is 9.13 Å². The SMILES string of the molecule is CCOc1c(F)cc([C@@H](CC)N2CCNCC2)cc1Cl.Cl. The molecular weight excluding hydrogens is 314 g/mol. The van der Waals surface area contributed by atoms with Crippen LogP contribution in [0.2, 0.25) is 5.02 Å². The third-order valence-electron chi connectivity index (χ3n) is 3.67. The first kappa shape index (κ1) is 18.5. The molecule has 0 aromatic heterocycles. The van der Waals surface area contributed by atoms with Crippen LogP contribution in [0.15, 0.2) is 12.1 Å². The molecule has 1 saturated heterocycles. The molecule has 1 N–H and O–H groups in total. The van der Waals surface area contributed by atoms with Crippen molar-refractivity contribution in [2.75, 3.05) is 32.8 Å². The number of piperazine rings is 1. The van der Waals surface area contributed by atoms with Crippen LogP contribution >= 0.6 is 24.0 Å². The molecule has 2 rings (SSSR count). The zero-order valence-corrected chi connectivity index (χ0v) is 14.1. The highest BCUT2D eigenvalue weighted by Gasteiger charge is 2.23. The molecule has 0 amide bonds. The Morgan fingerprint density at radius 2 is 2.00 bits per heavy atom. The summed E-state index contributed by atoms with van der Waals surface area (Å²) in [5.41, 5.74) is 0.931. The van der Waals surface area contributed by atoms with Crippen LogP contribution in [0, 0.1) is 5.82 Å². The molecule has 0 saturated carbocycles. The van der Waals surface area contributed by atoms with Crippen molar-refractivity contribution in [1.82, 2.24) is 10.2 Å². The fraction of sp³-hybridized carbons (Fsp3) is 0.600. The van der Waals surface area contributed by atoms with Gasteiger partial charge in [0, 0.05) is 32.2 Å². The summed E-state index contributed by atoms with van der Waals surface area (Å²) in [5, 5.41) is 3.69. The number of hydrogen-bond donors (Lipinski definition) is 1. The van der Waals surface area contributed by atoms with E-state index in [4.69, 9.17) is 16.3 Å². The number of nitrogens with zero attached hydrogens (tertiary/aromatic N) is 1. The number of benzene rings is 1. The predicted molar refractivity (Wildman–Crippen MR) is 87.3 cm³/mol. The number of ether oxygens (including phenoxy) is 1. The lowest BCUT2D eigenvalue weighted by atomic mass is 10.0. The minimum Gasteiger partial charge on any atom is -0.489 e. The first-order valence-corrected chi connectivity index (χ1v) is 7.61. The number of hydrogen-bond acceptors (Lipinski definition) is 3. The van der Waals surface area contributed by atoms with Crippen molar-refractivity contribution in [2.24, 2.45) is 0 Å². The third-order valence-corrected chi connectivity index (χ3v) is 3.95. The molecule has 1 heterocycles. The van der Waals surface area contributed by atoms with Gasteiger partial charge in [-0.2, -0.15) is 0 Å². The van der Waals surface area contributed by atoms with Crippen molar-refractivity contribution >= 4 is 24.0 Å². The largest absolute Gasteiger partial charge is 0.489 e. The zero-order chi connectivity index (χ0) is 14.5. The van der Waals surface area contributed by atoms with E-state index < -0.39 is 0 Å². The highest BCUT2D eigenvalue weighted by atomic mass is 35.5. The summed E-state index contributed by atoms with van der Waals surface area (Å²) in [5.74, 6) is -0.212. The fourth-order valence-corrected chi connectivity index (χ4v) is 3.02. The summed E-state index contributed by atoms with van der Waals surface area (Å²) < 4.78 is 19.4. The van der Waals surface area contributed by atoms with Gasteiger partial charge in [-0.25, -0.2) is 4.39 Å². The van der Waals surface area contributed by atoms with Crippen molar-refractivity contribution in [3.8, 4) is 5.75 Å². The average Bonchev–Trinajstić information content (AvgIpc) is 2.45. The monoisotopic (exact) mass is 336 g/mol. The molecule has 1 aromatic carbocycles. The second kappa shape index (κ2) is 8.79. The zero-order valence-electron chi connectivity index (χ0n) is 12.5. The van der Waals surface area contributed by atoms with Gasteiger partial charge in [0.05, 0.1) is 11.6 Å². The Balaban J connectivity index is 0.00000220. The second-order valence-electron chi connectivity index (χ2n) is 4.96. The first-order valence-electron chi connectivity index (χ1n) is 7.23. The smallest absolute Gasteiger partial charge is 0.173 e. The van der Waals surface area contributed by atoms with Gasteiger partial charge in [0.1, 0.15) is 0 Å². The van der Waals surface area contributed by atoms with E-state index in [1.54, 1.807) is 6.07 Å². The van der Waals surface area contributed by atoms with Crippen LogP contribution in [0.5, 0.6) is 5.75 Å². The van der Waals surface area contributed by atoms with Crippen molar-refractivity contribution in [3.63, 3.8) is 0 Å². The molecule has 1 atom stereocenters. The van der Waals surface area contributed by atoms with Crippen molar-refractivity contribution in [3.05, 3.63) is 28.5 Å².